The monoisotopic (exact) mass is 223 g/mol. The summed E-state index contributed by atoms with van der Waals surface area (Å²) in [5, 5.41) is 17.4. The molecule has 5 nitrogen and oxygen atoms in total. The van der Waals surface area contributed by atoms with Crippen LogP contribution in [-0.4, -0.2) is 26.5 Å². The largest absolute Gasteiger partial charge is 0.310 e. The molecule has 2 aromatic heterocycles. The molecule has 0 aliphatic rings. The first-order valence-electron chi connectivity index (χ1n) is 4.93. The minimum absolute atomic E-state index is 0.784. The molecule has 0 fully saturated rings. The average molecular weight is 223 g/mol. The van der Waals surface area contributed by atoms with Gasteiger partial charge in [-0.05, 0) is 19.0 Å². The Balaban J connectivity index is 1.98. The molecule has 0 unspecified atom stereocenters. The first-order chi connectivity index (χ1) is 7.40. The number of nitrogens with one attached hydrogen (secondary N) is 1. The van der Waals surface area contributed by atoms with Gasteiger partial charge in [-0.25, -0.2) is 4.68 Å². The molecular formula is C9H13N5S. The Morgan fingerprint density at radius 1 is 1.47 bits per heavy atom. The molecule has 1 N–H and O–H groups in total. The third kappa shape index (κ3) is 2.60. The number of rotatable bonds is 5. The topological polar surface area (TPSA) is 55.6 Å². The fourth-order valence-corrected chi connectivity index (χ4v) is 1.91. The summed E-state index contributed by atoms with van der Waals surface area (Å²) in [6.07, 6.45) is 4.73. The van der Waals surface area contributed by atoms with Crippen LogP contribution in [0.25, 0.3) is 5.13 Å². The van der Waals surface area contributed by atoms with E-state index in [9.17, 15) is 0 Å². The van der Waals surface area contributed by atoms with E-state index in [0.29, 0.717) is 0 Å². The van der Waals surface area contributed by atoms with Crippen LogP contribution in [0.1, 0.15) is 18.4 Å². The molecule has 0 aliphatic heterocycles. The summed E-state index contributed by atoms with van der Waals surface area (Å²) < 4.78 is 1.72. The normalized spacial score (nSPS) is 10.7. The Hall–Kier alpha value is -1.27. The smallest absolute Gasteiger partial charge is 0.232 e. The van der Waals surface area contributed by atoms with E-state index in [4.69, 9.17) is 0 Å². The third-order valence-electron chi connectivity index (χ3n) is 1.86. The van der Waals surface area contributed by atoms with Crippen molar-refractivity contribution in [2.45, 2.75) is 19.9 Å². The first-order valence-corrected chi connectivity index (χ1v) is 5.75. The second-order valence-electron chi connectivity index (χ2n) is 3.11. The van der Waals surface area contributed by atoms with Gasteiger partial charge >= 0.3 is 0 Å². The summed E-state index contributed by atoms with van der Waals surface area (Å²) in [7, 11) is 0. The quantitative estimate of drug-likeness (QED) is 0.774. The van der Waals surface area contributed by atoms with Gasteiger partial charge in [-0.1, -0.05) is 18.3 Å². The molecule has 0 aliphatic carbocycles. The Morgan fingerprint density at radius 3 is 3.13 bits per heavy atom. The van der Waals surface area contributed by atoms with Crippen molar-refractivity contribution in [2.75, 3.05) is 6.54 Å². The van der Waals surface area contributed by atoms with Crippen molar-refractivity contribution in [1.29, 1.82) is 0 Å². The molecule has 2 aromatic rings. The molecule has 2 heterocycles. The van der Waals surface area contributed by atoms with Gasteiger partial charge in [-0.3, -0.25) is 0 Å². The lowest BCUT2D eigenvalue weighted by Gasteiger charge is -1.96. The lowest BCUT2D eigenvalue weighted by atomic mass is 10.5. The highest BCUT2D eigenvalue weighted by molar-refractivity contribution is 7.13. The number of nitrogens with zero attached hydrogens (tertiary/aromatic N) is 4. The molecule has 0 amide bonds. The SMILES string of the molecule is CCCNCc1nnc(-n2cccn2)s1. The average Bonchev–Trinajstić information content (AvgIpc) is 2.87. The maximum Gasteiger partial charge on any atom is 0.232 e. The van der Waals surface area contributed by atoms with E-state index in [-0.39, 0.29) is 0 Å². The summed E-state index contributed by atoms with van der Waals surface area (Å²) >= 11 is 1.56. The highest BCUT2D eigenvalue weighted by Crippen LogP contribution is 2.12. The van der Waals surface area contributed by atoms with E-state index >= 15 is 0 Å². The summed E-state index contributed by atoms with van der Waals surface area (Å²) in [6.45, 7) is 3.94. The van der Waals surface area contributed by atoms with Crippen molar-refractivity contribution < 1.29 is 0 Å². The van der Waals surface area contributed by atoms with Crippen molar-refractivity contribution in [3.63, 3.8) is 0 Å². The predicted octanol–water partition coefficient (Wildman–Crippen LogP) is 1.22. The Labute approximate surface area is 92.2 Å². The molecule has 15 heavy (non-hydrogen) atoms. The van der Waals surface area contributed by atoms with E-state index in [1.54, 1.807) is 22.2 Å². The zero-order chi connectivity index (χ0) is 10.5. The van der Waals surface area contributed by atoms with Crippen molar-refractivity contribution in [2.24, 2.45) is 0 Å². The van der Waals surface area contributed by atoms with Gasteiger partial charge < -0.3 is 5.32 Å². The molecule has 0 saturated heterocycles. The Morgan fingerprint density at radius 2 is 2.40 bits per heavy atom. The van der Waals surface area contributed by atoms with Crippen LogP contribution in [0.4, 0.5) is 0 Å². The van der Waals surface area contributed by atoms with Crippen LogP contribution in [0.2, 0.25) is 0 Å². The van der Waals surface area contributed by atoms with Gasteiger partial charge in [-0.15, -0.1) is 10.2 Å². The molecule has 6 heteroatoms. The predicted molar refractivity (Wildman–Crippen MR) is 59.0 cm³/mol. The van der Waals surface area contributed by atoms with Gasteiger partial charge in [0.15, 0.2) is 0 Å². The summed E-state index contributed by atoms with van der Waals surface area (Å²) in [5.41, 5.74) is 0. The van der Waals surface area contributed by atoms with Crippen LogP contribution in [0, 0.1) is 0 Å². The zero-order valence-corrected chi connectivity index (χ0v) is 9.37. The van der Waals surface area contributed by atoms with Gasteiger partial charge in [-0.2, -0.15) is 5.10 Å². The van der Waals surface area contributed by atoms with Crippen molar-refractivity contribution >= 4 is 11.3 Å². The lowest BCUT2D eigenvalue weighted by molar-refractivity contribution is 0.667. The Bertz CT molecular complexity index is 394. The molecule has 0 aromatic carbocycles. The third-order valence-corrected chi connectivity index (χ3v) is 2.77. The van der Waals surface area contributed by atoms with Crippen molar-refractivity contribution in [3.05, 3.63) is 23.5 Å². The van der Waals surface area contributed by atoms with E-state index in [2.05, 4.69) is 27.5 Å². The van der Waals surface area contributed by atoms with Gasteiger partial charge in [0.1, 0.15) is 5.01 Å². The van der Waals surface area contributed by atoms with Crippen molar-refractivity contribution in [1.82, 2.24) is 25.3 Å². The van der Waals surface area contributed by atoms with Crippen LogP contribution in [0.3, 0.4) is 0 Å². The van der Waals surface area contributed by atoms with E-state index < -0.39 is 0 Å². The summed E-state index contributed by atoms with van der Waals surface area (Å²) in [4.78, 5) is 0. The first kappa shape index (κ1) is 10.3. The van der Waals surface area contributed by atoms with Crippen molar-refractivity contribution in [3.8, 4) is 5.13 Å². The highest BCUT2D eigenvalue weighted by Gasteiger charge is 2.04. The fraction of sp³-hybridized carbons (Fsp3) is 0.444. The van der Waals surface area contributed by atoms with Crippen LogP contribution in [0.15, 0.2) is 18.5 Å². The maximum atomic E-state index is 4.10. The van der Waals surface area contributed by atoms with E-state index in [0.717, 1.165) is 29.6 Å². The molecule has 0 atom stereocenters. The molecule has 80 valence electrons. The second-order valence-corrected chi connectivity index (χ2v) is 4.15. The minimum atomic E-state index is 0.784. The molecule has 0 bridgehead atoms. The van der Waals surface area contributed by atoms with Gasteiger partial charge in [0.05, 0.1) is 0 Å². The minimum Gasteiger partial charge on any atom is -0.310 e. The summed E-state index contributed by atoms with van der Waals surface area (Å²) in [5.74, 6) is 0. The number of hydrogen-bond acceptors (Lipinski definition) is 5. The summed E-state index contributed by atoms with van der Waals surface area (Å²) in [6, 6.07) is 1.87. The lowest BCUT2D eigenvalue weighted by Crippen LogP contribution is -2.13. The van der Waals surface area contributed by atoms with E-state index in [1.807, 2.05) is 12.3 Å². The standard InChI is InChI=1S/C9H13N5S/c1-2-4-10-7-8-12-13-9(15-8)14-6-3-5-11-14/h3,5-6,10H,2,4,7H2,1H3. The molecule has 2 rings (SSSR count). The maximum absolute atomic E-state index is 4.10. The molecule has 0 saturated carbocycles. The van der Waals surface area contributed by atoms with Gasteiger partial charge in [0.2, 0.25) is 5.13 Å². The van der Waals surface area contributed by atoms with Gasteiger partial charge in [0.25, 0.3) is 0 Å². The number of hydrogen-bond donors (Lipinski definition) is 1. The van der Waals surface area contributed by atoms with Crippen LogP contribution in [0.5, 0.6) is 0 Å². The highest BCUT2D eigenvalue weighted by atomic mass is 32.1. The fourth-order valence-electron chi connectivity index (χ4n) is 1.16. The van der Waals surface area contributed by atoms with Crippen LogP contribution < -0.4 is 5.32 Å². The van der Waals surface area contributed by atoms with E-state index in [1.165, 1.54) is 0 Å². The van der Waals surface area contributed by atoms with Crippen LogP contribution in [-0.2, 0) is 6.54 Å². The number of aromatic nitrogens is 4. The van der Waals surface area contributed by atoms with Gasteiger partial charge in [0, 0.05) is 18.9 Å². The molecular weight excluding hydrogens is 210 g/mol. The van der Waals surface area contributed by atoms with Crippen LogP contribution >= 0.6 is 11.3 Å². The Kier molecular flexibility index (Phi) is 3.41. The molecule has 0 spiro atoms. The second kappa shape index (κ2) is 4.99. The molecule has 0 radical (unpaired) electrons. The zero-order valence-electron chi connectivity index (χ0n) is 8.55.